The zero-order valence-electron chi connectivity index (χ0n) is 22.1. The number of likely N-dealkylation sites (tertiary alicyclic amines) is 1. The summed E-state index contributed by atoms with van der Waals surface area (Å²) in [6.07, 6.45) is -0.738. The third kappa shape index (κ3) is 6.99. The fourth-order valence-electron chi connectivity index (χ4n) is 5.52. The topological polar surface area (TPSA) is 84.4 Å². The van der Waals surface area contributed by atoms with Crippen LogP contribution in [-0.4, -0.2) is 61.6 Å². The van der Waals surface area contributed by atoms with Crippen LogP contribution in [0.1, 0.15) is 42.0 Å². The summed E-state index contributed by atoms with van der Waals surface area (Å²) < 4.78 is 87.1. The molecule has 2 aliphatic rings. The highest BCUT2D eigenvalue weighted by Crippen LogP contribution is 2.39. The van der Waals surface area contributed by atoms with Crippen LogP contribution in [0, 0.1) is 5.82 Å². The Kier molecular flexibility index (Phi) is 8.56. The Hall–Kier alpha value is -2.80. The number of ether oxygens (including phenoxy) is 1. The molecule has 13 heteroatoms. The predicted molar refractivity (Wildman–Crippen MR) is 145 cm³/mol. The van der Waals surface area contributed by atoms with Gasteiger partial charge in [0.15, 0.2) is 9.84 Å². The molecule has 1 N–H and O–H groups in total. The van der Waals surface area contributed by atoms with Crippen LogP contribution in [0.15, 0.2) is 59.9 Å². The maximum absolute atomic E-state index is 15.2. The highest BCUT2D eigenvalue weighted by molar-refractivity contribution is 7.90. The minimum Gasteiger partial charge on any atom is -0.487 e. The molecule has 2 fully saturated rings. The van der Waals surface area contributed by atoms with E-state index in [0.717, 1.165) is 31.3 Å². The molecule has 1 aliphatic heterocycles. The van der Waals surface area contributed by atoms with Crippen LogP contribution in [0.2, 0.25) is 5.02 Å². The van der Waals surface area contributed by atoms with Gasteiger partial charge in [-0.05, 0) is 56.0 Å². The normalized spacial score (nSPS) is 22.3. The highest BCUT2D eigenvalue weighted by Gasteiger charge is 2.38. The quantitative estimate of drug-likeness (QED) is 0.348. The number of alkyl halides is 3. The third-order valence-corrected chi connectivity index (χ3v) is 9.52. The van der Waals surface area contributed by atoms with Crippen LogP contribution in [-0.2, 0) is 21.8 Å². The van der Waals surface area contributed by atoms with Crippen molar-refractivity contribution in [3.63, 3.8) is 0 Å². The first-order chi connectivity index (χ1) is 19.4. The number of nitrogens with zero attached hydrogens (tertiary/aromatic N) is 3. The number of hydrogen-bond acceptors (Lipinski definition) is 7. The van der Waals surface area contributed by atoms with Crippen LogP contribution in [0.3, 0.4) is 0 Å². The summed E-state index contributed by atoms with van der Waals surface area (Å²) in [7, 11) is -2.11. The van der Waals surface area contributed by atoms with E-state index < -0.39 is 44.1 Å². The summed E-state index contributed by atoms with van der Waals surface area (Å²) in [5.74, 6) is -1.65. The van der Waals surface area contributed by atoms with Gasteiger partial charge in [-0.15, -0.1) is 0 Å². The minimum absolute atomic E-state index is 0.00481. The van der Waals surface area contributed by atoms with Gasteiger partial charge >= 0.3 is 6.18 Å². The van der Waals surface area contributed by atoms with Crippen LogP contribution >= 0.6 is 11.6 Å². The molecule has 1 saturated heterocycles. The second-order valence-corrected chi connectivity index (χ2v) is 13.0. The lowest BCUT2D eigenvalue weighted by Gasteiger charge is -2.44. The lowest BCUT2D eigenvalue weighted by molar-refractivity contribution is -0.137. The molecule has 5 rings (SSSR count). The summed E-state index contributed by atoms with van der Waals surface area (Å²) in [6, 6.07) is 8.77. The second kappa shape index (κ2) is 11.8. The summed E-state index contributed by atoms with van der Waals surface area (Å²) in [4.78, 5) is 9.21. The fourth-order valence-corrected chi connectivity index (χ4v) is 7.16. The van der Waals surface area contributed by atoms with Crippen molar-refractivity contribution in [3.05, 3.63) is 82.6 Å². The van der Waals surface area contributed by atoms with E-state index in [1.54, 1.807) is 6.07 Å². The van der Waals surface area contributed by atoms with Gasteiger partial charge in [0.25, 0.3) is 0 Å². The molecule has 0 amide bonds. The van der Waals surface area contributed by atoms with E-state index in [2.05, 4.69) is 20.2 Å². The molecule has 3 aromatic rings. The second-order valence-electron chi connectivity index (χ2n) is 10.7. The lowest BCUT2D eigenvalue weighted by atomic mass is 9.79. The Balaban J connectivity index is 1.35. The number of likely N-dealkylation sites (N-methyl/N-ethyl adjacent to an activating group) is 1. The average Bonchev–Trinajstić information content (AvgIpc) is 2.90. The number of rotatable bonds is 8. The van der Waals surface area contributed by atoms with Gasteiger partial charge in [-0.25, -0.2) is 22.8 Å². The van der Waals surface area contributed by atoms with E-state index in [9.17, 15) is 21.6 Å². The SMILES string of the molecule is CN1CC(N[C@H]2C[C@@H](c3cccc(C(F)(F)F)c3)CC[C@@H]2Oc2cc(F)c(S(=O)(=O)Cc3ccncn3)cc2Cl)C1. The first-order valence-corrected chi connectivity index (χ1v) is 15.2. The van der Waals surface area contributed by atoms with Crippen molar-refractivity contribution < 1.29 is 30.7 Å². The van der Waals surface area contributed by atoms with Gasteiger partial charge in [0, 0.05) is 37.4 Å². The number of halogens is 5. The Bertz CT molecular complexity index is 1490. The molecule has 1 aliphatic carbocycles. The smallest absolute Gasteiger partial charge is 0.416 e. The Morgan fingerprint density at radius 1 is 1.15 bits per heavy atom. The molecule has 0 radical (unpaired) electrons. The van der Waals surface area contributed by atoms with Crippen molar-refractivity contribution in [1.82, 2.24) is 20.2 Å². The minimum atomic E-state index is -4.43. The van der Waals surface area contributed by atoms with Gasteiger partial charge < -0.3 is 15.0 Å². The molecule has 2 heterocycles. The first-order valence-electron chi connectivity index (χ1n) is 13.1. The molecule has 3 atom stereocenters. The molecule has 220 valence electrons. The van der Waals surface area contributed by atoms with Crippen LogP contribution in [0.4, 0.5) is 17.6 Å². The zero-order chi connectivity index (χ0) is 29.4. The Morgan fingerprint density at radius 2 is 1.93 bits per heavy atom. The molecule has 0 bridgehead atoms. The average molecular weight is 613 g/mol. The van der Waals surface area contributed by atoms with E-state index in [1.165, 1.54) is 30.7 Å². The highest BCUT2D eigenvalue weighted by atomic mass is 35.5. The van der Waals surface area contributed by atoms with Gasteiger partial charge in [0.2, 0.25) is 0 Å². The monoisotopic (exact) mass is 612 g/mol. The van der Waals surface area contributed by atoms with Gasteiger partial charge in [0.1, 0.15) is 28.9 Å². The van der Waals surface area contributed by atoms with Gasteiger partial charge in [0.05, 0.1) is 22.0 Å². The third-order valence-electron chi connectivity index (χ3n) is 7.57. The van der Waals surface area contributed by atoms with E-state index in [-0.39, 0.29) is 34.5 Å². The molecule has 1 aromatic heterocycles. The van der Waals surface area contributed by atoms with E-state index in [1.807, 2.05) is 7.05 Å². The van der Waals surface area contributed by atoms with Crippen molar-refractivity contribution in [1.29, 1.82) is 0 Å². The molecule has 0 unspecified atom stereocenters. The summed E-state index contributed by atoms with van der Waals surface area (Å²) in [5, 5.41) is 3.50. The Morgan fingerprint density at radius 3 is 2.61 bits per heavy atom. The number of aromatic nitrogens is 2. The molecular weight excluding hydrogens is 584 g/mol. The lowest BCUT2D eigenvalue weighted by Crippen LogP contribution is -2.61. The first kappa shape index (κ1) is 29.7. The summed E-state index contributed by atoms with van der Waals surface area (Å²) >= 11 is 6.41. The maximum atomic E-state index is 15.2. The molecule has 2 aromatic carbocycles. The van der Waals surface area contributed by atoms with Gasteiger partial charge in [-0.1, -0.05) is 29.8 Å². The zero-order valence-corrected chi connectivity index (χ0v) is 23.7. The van der Waals surface area contributed by atoms with Crippen LogP contribution in [0.5, 0.6) is 5.75 Å². The van der Waals surface area contributed by atoms with Gasteiger partial charge in [-0.2, -0.15) is 13.2 Å². The van der Waals surface area contributed by atoms with Crippen molar-refractivity contribution in [2.75, 3.05) is 20.1 Å². The van der Waals surface area contributed by atoms with E-state index >= 15 is 4.39 Å². The standard InChI is InChI=1S/C28H29ClF4N4O3S/c1-37-13-21(14-37)36-24-10-18(17-3-2-4-19(9-17)28(31,32)33)5-6-25(24)40-26-12-23(30)27(11-22(26)29)41(38,39)15-20-7-8-34-16-35-20/h2-4,7-9,11-12,16,18,21,24-25,36H,5-6,10,13-15H2,1H3/t18-,24-,25-/m0/s1. The Labute approximate surface area is 240 Å². The molecular formula is C28H29ClF4N4O3S. The van der Waals surface area contributed by atoms with Crippen LogP contribution in [0.25, 0.3) is 0 Å². The number of hydrogen-bond donors (Lipinski definition) is 1. The number of benzene rings is 2. The van der Waals surface area contributed by atoms with Crippen molar-refractivity contribution >= 4 is 21.4 Å². The van der Waals surface area contributed by atoms with E-state index in [0.29, 0.717) is 24.8 Å². The predicted octanol–water partition coefficient (Wildman–Crippen LogP) is 5.25. The molecule has 7 nitrogen and oxygen atoms in total. The number of sulfone groups is 1. The fraction of sp³-hybridized carbons (Fsp3) is 0.429. The molecule has 0 spiro atoms. The summed E-state index contributed by atoms with van der Waals surface area (Å²) in [5.41, 5.74) is 0.137. The molecule has 1 saturated carbocycles. The molecule has 41 heavy (non-hydrogen) atoms. The number of nitrogens with one attached hydrogen (secondary N) is 1. The van der Waals surface area contributed by atoms with Crippen molar-refractivity contribution in [2.45, 2.75) is 60.2 Å². The van der Waals surface area contributed by atoms with Crippen LogP contribution < -0.4 is 10.1 Å². The van der Waals surface area contributed by atoms with E-state index in [4.69, 9.17) is 16.3 Å². The summed E-state index contributed by atoms with van der Waals surface area (Å²) in [6.45, 7) is 1.62. The largest absolute Gasteiger partial charge is 0.487 e. The van der Waals surface area contributed by atoms with Crippen molar-refractivity contribution in [3.8, 4) is 5.75 Å². The van der Waals surface area contributed by atoms with Gasteiger partial charge in [-0.3, -0.25) is 0 Å². The van der Waals surface area contributed by atoms with Crippen molar-refractivity contribution in [2.24, 2.45) is 0 Å². The maximum Gasteiger partial charge on any atom is 0.416 e.